The Kier molecular flexibility index (Phi) is 2.78. The minimum Gasteiger partial charge on any atom is -0.368 e. The van der Waals surface area contributed by atoms with Crippen molar-refractivity contribution in [1.82, 2.24) is 20.2 Å². The zero-order valence-electron chi connectivity index (χ0n) is 11.7. The van der Waals surface area contributed by atoms with Gasteiger partial charge in [-0.1, -0.05) is 17.7 Å². The third kappa shape index (κ3) is 1.95. The molecule has 0 atom stereocenters. The molecule has 102 valence electrons. The number of aromatic amines is 1. The van der Waals surface area contributed by atoms with E-state index in [4.69, 9.17) is 5.73 Å². The van der Waals surface area contributed by atoms with Crippen molar-refractivity contribution >= 4 is 28.5 Å². The van der Waals surface area contributed by atoms with Gasteiger partial charge in [0.25, 0.3) is 0 Å². The zero-order valence-corrected chi connectivity index (χ0v) is 11.7. The first kappa shape index (κ1) is 12.4. The van der Waals surface area contributed by atoms with Gasteiger partial charge in [0.15, 0.2) is 5.65 Å². The van der Waals surface area contributed by atoms with Crippen LogP contribution in [0.3, 0.4) is 0 Å². The zero-order chi connectivity index (χ0) is 14.3. The van der Waals surface area contributed by atoms with E-state index in [0.717, 1.165) is 16.9 Å². The summed E-state index contributed by atoms with van der Waals surface area (Å²) < 4.78 is 0. The van der Waals surface area contributed by atoms with Gasteiger partial charge in [-0.15, -0.1) is 0 Å². The van der Waals surface area contributed by atoms with Crippen LogP contribution in [0.5, 0.6) is 0 Å². The van der Waals surface area contributed by atoms with E-state index in [1.165, 1.54) is 11.1 Å². The fourth-order valence-corrected chi connectivity index (χ4v) is 2.39. The minimum atomic E-state index is 0.230. The number of aryl methyl sites for hydroxylation is 2. The Morgan fingerprint density at radius 2 is 2.00 bits per heavy atom. The number of H-pyrrole nitrogens is 1. The molecule has 0 radical (unpaired) electrons. The van der Waals surface area contributed by atoms with Crippen LogP contribution in [0.25, 0.3) is 11.0 Å². The maximum absolute atomic E-state index is 5.77. The van der Waals surface area contributed by atoms with E-state index in [-0.39, 0.29) is 5.95 Å². The number of benzene rings is 1. The van der Waals surface area contributed by atoms with Gasteiger partial charge in [-0.2, -0.15) is 15.1 Å². The molecule has 6 nitrogen and oxygen atoms in total. The first-order valence-corrected chi connectivity index (χ1v) is 6.34. The summed E-state index contributed by atoms with van der Waals surface area (Å²) in [6.07, 6.45) is 1.71. The topological polar surface area (TPSA) is 83.7 Å². The number of nitrogens with one attached hydrogen (secondary N) is 1. The van der Waals surface area contributed by atoms with Crippen molar-refractivity contribution in [3.63, 3.8) is 0 Å². The Balaban J connectivity index is 2.16. The number of rotatable bonds is 2. The molecule has 2 aromatic heterocycles. The summed E-state index contributed by atoms with van der Waals surface area (Å²) >= 11 is 0. The average molecular weight is 268 g/mol. The van der Waals surface area contributed by atoms with Crippen LogP contribution in [-0.4, -0.2) is 27.2 Å². The molecule has 0 bridgehead atoms. The molecule has 1 aromatic carbocycles. The Morgan fingerprint density at radius 3 is 2.75 bits per heavy atom. The fraction of sp³-hybridized carbons (Fsp3) is 0.214. The van der Waals surface area contributed by atoms with Gasteiger partial charge in [0.1, 0.15) is 5.82 Å². The third-order valence-corrected chi connectivity index (χ3v) is 3.34. The van der Waals surface area contributed by atoms with E-state index in [9.17, 15) is 0 Å². The molecule has 2 heterocycles. The number of fused-ring (bicyclic) bond motifs is 1. The van der Waals surface area contributed by atoms with Crippen LogP contribution in [0.2, 0.25) is 0 Å². The number of anilines is 3. The number of nitrogen functional groups attached to an aromatic ring is 1. The molecule has 0 fully saturated rings. The summed E-state index contributed by atoms with van der Waals surface area (Å²) in [6, 6.07) is 6.30. The molecule has 0 aliphatic rings. The second kappa shape index (κ2) is 4.48. The van der Waals surface area contributed by atoms with Gasteiger partial charge >= 0.3 is 0 Å². The van der Waals surface area contributed by atoms with Crippen molar-refractivity contribution < 1.29 is 0 Å². The van der Waals surface area contributed by atoms with E-state index < -0.39 is 0 Å². The second-order valence-corrected chi connectivity index (χ2v) is 4.89. The lowest BCUT2D eigenvalue weighted by molar-refractivity contribution is 1.08. The number of nitrogens with zero attached hydrogens (tertiary/aromatic N) is 4. The van der Waals surface area contributed by atoms with Gasteiger partial charge < -0.3 is 10.6 Å². The fourth-order valence-electron chi connectivity index (χ4n) is 2.39. The summed E-state index contributed by atoms with van der Waals surface area (Å²) in [5.41, 5.74) is 9.90. The van der Waals surface area contributed by atoms with Gasteiger partial charge in [0.2, 0.25) is 5.95 Å². The number of nitrogens with two attached hydrogens (primary N) is 1. The van der Waals surface area contributed by atoms with Crippen LogP contribution in [0, 0.1) is 13.8 Å². The molecule has 6 heteroatoms. The van der Waals surface area contributed by atoms with Crippen LogP contribution in [-0.2, 0) is 0 Å². The van der Waals surface area contributed by atoms with Gasteiger partial charge in [-0.25, -0.2) is 0 Å². The van der Waals surface area contributed by atoms with Crippen LogP contribution in [0.1, 0.15) is 11.1 Å². The van der Waals surface area contributed by atoms with Crippen LogP contribution in [0.15, 0.2) is 24.4 Å². The Morgan fingerprint density at radius 1 is 1.20 bits per heavy atom. The van der Waals surface area contributed by atoms with E-state index in [0.29, 0.717) is 5.65 Å². The summed E-state index contributed by atoms with van der Waals surface area (Å²) in [7, 11) is 1.96. The quantitative estimate of drug-likeness (QED) is 0.745. The number of hydrogen-bond acceptors (Lipinski definition) is 5. The van der Waals surface area contributed by atoms with Crippen molar-refractivity contribution in [2.24, 2.45) is 0 Å². The first-order chi connectivity index (χ1) is 9.56. The normalized spacial score (nSPS) is 10.9. The van der Waals surface area contributed by atoms with E-state index in [2.05, 4.69) is 52.2 Å². The molecular weight excluding hydrogens is 252 g/mol. The largest absolute Gasteiger partial charge is 0.368 e. The van der Waals surface area contributed by atoms with Crippen LogP contribution >= 0.6 is 0 Å². The highest BCUT2D eigenvalue weighted by molar-refractivity contribution is 5.90. The van der Waals surface area contributed by atoms with Crippen molar-refractivity contribution in [2.45, 2.75) is 13.8 Å². The van der Waals surface area contributed by atoms with Crippen molar-refractivity contribution in [3.05, 3.63) is 35.5 Å². The Labute approximate surface area is 116 Å². The lowest BCUT2D eigenvalue weighted by Gasteiger charge is -2.21. The predicted molar refractivity (Wildman–Crippen MR) is 80.1 cm³/mol. The summed E-state index contributed by atoms with van der Waals surface area (Å²) in [5, 5.41) is 7.68. The predicted octanol–water partition coefficient (Wildman–Crippen LogP) is 2.32. The number of aromatic nitrogens is 4. The average Bonchev–Trinajstić information content (AvgIpc) is 2.85. The molecular formula is C14H16N6. The molecule has 3 aromatic rings. The molecule has 3 rings (SSSR count). The number of hydrogen-bond donors (Lipinski definition) is 2. The van der Waals surface area contributed by atoms with Gasteiger partial charge in [-0.3, -0.25) is 5.10 Å². The van der Waals surface area contributed by atoms with Crippen LogP contribution in [0.4, 0.5) is 17.5 Å². The molecule has 0 aliphatic carbocycles. The Hall–Kier alpha value is -2.63. The second-order valence-electron chi connectivity index (χ2n) is 4.89. The summed E-state index contributed by atoms with van der Waals surface area (Å²) in [4.78, 5) is 10.5. The lowest BCUT2D eigenvalue weighted by Crippen LogP contribution is -2.14. The van der Waals surface area contributed by atoms with Crippen molar-refractivity contribution in [2.75, 3.05) is 17.7 Å². The summed E-state index contributed by atoms with van der Waals surface area (Å²) in [5.74, 6) is 0.974. The standard InChI is InChI=1S/C14H16N6/c1-8-4-5-11(9(2)6-8)20(3)13-10-7-16-19-12(10)17-14(15)18-13/h4-7H,1-3H3,(H3,15,16,17,18,19). The highest BCUT2D eigenvalue weighted by Crippen LogP contribution is 2.30. The molecule has 0 spiro atoms. The van der Waals surface area contributed by atoms with Gasteiger partial charge in [-0.05, 0) is 25.5 Å². The summed E-state index contributed by atoms with van der Waals surface area (Å²) in [6.45, 7) is 4.16. The molecule has 0 amide bonds. The van der Waals surface area contributed by atoms with E-state index in [1.807, 2.05) is 11.9 Å². The molecule has 0 aliphatic heterocycles. The third-order valence-electron chi connectivity index (χ3n) is 3.34. The monoisotopic (exact) mass is 268 g/mol. The highest BCUT2D eigenvalue weighted by Gasteiger charge is 2.15. The smallest absolute Gasteiger partial charge is 0.224 e. The van der Waals surface area contributed by atoms with Gasteiger partial charge in [0.05, 0.1) is 11.6 Å². The molecule has 20 heavy (non-hydrogen) atoms. The highest BCUT2D eigenvalue weighted by atomic mass is 15.2. The molecule has 3 N–H and O–H groups in total. The molecule has 0 saturated heterocycles. The first-order valence-electron chi connectivity index (χ1n) is 6.34. The SMILES string of the molecule is Cc1ccc(N(C)c2nc(N)nc3[nH]ncc23)c(C)c1. The molecule has 0 unspecified atom stereocenters. The maximum Gasteiger partial charge on any atom is 0.224 e. The van der Waals surface area contributed by atoms with Crippen molar-refractivity contribution in [1.29, 1.82) is 0 Å². The van der Waals surface area contributed by atoms with Crippen LogP contribution < -0.4 is 10.6 Å². The maximum atomic E-state index is 5.77. The Bertz CT molecular complexity index is 776. The van der Waals surface area contributed by atoms with E-state index >= 15 is 0 Å². The molecule has 0 saturated carbocycles. The van der Waals surface area contributed by atoms with E-state index in [1.54, 1.807) is 6.20 Å². The van der Waals surface area contributed by atoms with Gasteiger partial charge in [0, 0.05) is 12.7 Å². The minimum absolute atomic E-state index is 0.230. The lowest BCUT2D eigenvalue weighted by atomic mass is 10.1. The van der Waals surface area contributed by atoms with Crippen molar-refractivity contribution in [3.8, 4) is 0 Å².